The third kappa shape index (κ3) is 8.02. The first kappa shape index (κ1) is 11.9. The maximum Gasteiger partial charge on any atom is 0.0562 e. The van der Waals surface area contributed by atoms with E-state index in [2.05, 4.69) is 20.8 Å². The van der Waals surface area contributed by atoms with Gasteiger partial charge in [0.1, 0.15) is 0 Å². The van der Waals surface area contributed by atoms with Crippen LogP contribution < -0.4 is 0 Å². The van der Waals surface area contributed by atoms with Crippen molar-refractivity contribution >= 4 is 0 Å². The quantitative estimate of drug-likeness (QED) is 0.692. The van der Waals surface area contributed by atoms with Gasteiger partial charge in [0.05, 0.1) is 6.10 Å². The second-order valence-electron chi connectivity index (χ2n) is 4.53. The predicted octanol–water partition coefficient (Wildman–Crippen LogP) is 2.21. The molecule has 1 atom stereocenters. The first-order valence-electron chi connectivity index (χ1n) is 4.63. The first-order chi connectivity index (χ1) is 5.45. The van der Waals surface area contributed by atoms with E-state index in [4.69, 9.17) is 4.74 Å². The molecule has 1 unspecified atom stereocenters. The molecule has 2 nitrogen and oxygen atoms in total. The Bertz CT molecular complexity index is 105. The molecule has 1 N–H and O–H groups in total. The van der Waals surface area contributed by atoms with Crippen LogP contribution in [0.4, 0.5) is 0 Å². The van der Waals surface area contributed by atoms with E-state index in [0.29, 0.717) is 12.0 Å². The Labute approximate surface area is 75.9 Å². The molecule has 0 bridgehead atoms. The van der Waals surface area contributed by atoms with E-state index < -0.39 is 0 Å². The molecule has 12 heavy (non-hydrogen) atoms. The molecule has 0 saturated heterocycles. The van der Waals surface area contributed by atoms with Gasteiger partial charge in [-0.25, -0.2) is 0 Å². The number of rotatable bonds is 5. The first-order valence-corrected chi connectivity index (χ1v) is 4.63. The monoisotopic (exact) mass is 174 g/mol. The third-order valence-electron chi connectivity index (χ3n) is 1.88. The SMILES string of the molecule is COCCC(O)CCC(C)(C)C. The number of aliphatic hydroxyl groups is 1. The van der Waals surface area contributed by atoms with E-state index in [1.807, 2.05) is 0 Å². The van der Waals surface area contributed by atoms with Crippen LogP contribution in [0.2, 0.25) is 0 Å². The lowest BCUT2D eigenvalue weighted by atomic mass is 9.89. The highest BCUT2D eigenvalue weighted by molar-refractivity contribution is 4.65. The van der Waals surface area contributed by atoms with Gasteiger partial charge in [-0.2, -0.15) is 0 Å². The fraction of sp³-hybridized carbons (Fsp3) is 1.00. The molecule has 0 aliphatic rings. The molecule has 0 aliphatic carbocycles. The Kier molecular flexibility index (Phi) is 5.51. The fourth-order valence-corrected chi connectivity index (χ4v) is 0.998. The number of hydrogen-bond acceptors (Lipinski definition) is 2. The summed E-state index contributed by atoms with van der Waals surface area (Å²) in [6, 6.07) is 0. The van der Waals surface area contributed by atoms with E-state index >= 15 is 0 Å². The van der Waals surface area contributed by atoms with E-state index in [9.17, 15) is 5.11 Å². The second-order valence-corrected chi connectivity index (χ2v) is 4.53. The van der Waals surface area contributed by atoms with Crippen molar-refractivity contribution in [1.82, 2.24) is 0 Å². The average Bonchev–Trinajstić information content (AvgIpc) is 1.95. The lowest BCUT2D eigenvalue weighted by molar-refractivity contribution is 0.0945. The predicted molar refractivity (Wildman–Crippen MR) is 51.2 cm³/mol. The smallest absolute Gasteiger partial charge is 0.0562 e. The lowest BCUT2D eigenvalue weighted by Crippen LogP contribution is -2.14. The van der Waals surface area contributed by atoms with E-state index in [1.165, 1.54) is 0 Å². The molecule has 2 heteroatoms. The molecule has 0 amide bonds. The van der Waals surface area contributed by atoms with Crippen molar-refractivity contribution in [3.8, 4) is 0 Å². The highest BCUT2D eigenvalue weighted by Crippen LogP contribution is 2.22. The highest BCUT2D eigenvalue weighted by Gasteiger charge is 2.12. The van der Waals surface area contributed by atoms with Gasteiger partial charge in [-0.3, -0.25) is 0 Å². The van der Waals surface area contributed by atoms with E-state index in [1.54, 1.807) is 7.11 Å². The molecule has 0 aromatic carbocycles. The van der Waals surface area contributed by atoms with Crippen molar-refractivity contribution in [2.75, 3.05) is 13.7 Å². The molecule has 0 aliphatic heterocycles. The van der Waals surface area contributed by atoms with Crippen molar-refractivity contribution in [2.24, 2.45) is 5.41 Å². The van der Waals surface area contributed by atoms with Gasteiger partial charge in [0.15, 0.2) is 0 Å². The standard InChI is InChI=1S/C10H22O2/c1-10(2,3)7-5-9(11)6-8-12-4/h9,11H,5-8H2,1-4H3. The summed E-state index contributed by atoms with van der Waals surface area (Å²) in [5, 5.41) is 9.46. The van der Waals surface area contributed by atoms with Crippen molar-refractivity contribution in [2.45, 2.75) is 46.1 Å². The normalized spacial score (nSPS) is 14.8. The molecule has 0 aromatic rings. The summed E-state index contributed by atoms with van der Waals surface area (Å²) in [4.78, 5) is 0. The lowest BCUT2D eigenvalue weighted by Gasteiger charge is -2.20. The zero-order valence-electron chi connectivity index (χ0n) is 8.76. The Morgan fingerprint density at radius 2 is 1.83 bits per heavy atom. The number of hydrogen-bond donors (Lipinski definition) is 1. The van der Waals surface area contributed by atoms with Crippen LogP contribution >= 0.6 is 0 Å². The van der Waals surface area contributed by atoms with Gasteiger partial charge >= 0.3 is 0 Å². The minimum Gasteiger partial charge on any atom is -0.393 e. The fourth-order valence-electron chi connectivity index (χ4n) is 0.998. The number of ether oxygens (including phenoxy) is 1. The average molecular weight is 174 g/mol. The molecule has 0 saturated carbocycles. The van der Waals surface area contributed by atoms with Crippen LogP contribution in [0, 0.1) is 5.41 Å². The van der Waals surface area contributed by atoms with Crippen LogP contribution in [0.25, 0.3) is 0 Å². The van der Waals surface area contributed by atoms with Gasteiger partial charge in [0, 0.05) is 13.7 Å². The number of aliphatic hydroxyl groups excluding tert-OH is 1. The summed E-state index contributed by atoms with van der Waals surface area (Å²) in [6.07, 6.45) is 2.52. The zero-order chi connectivity index (χ0) is 9.61. The third-order valence-corrected chi connectivity index (χ3v) is 1.88. The van der Waals surface area contributed by atoms with Crippen LogP contribution in [-0.4, -0.2) is 24.9 Å². The summed E-state index contributed by atoms with van der Waals surface area (Å²) in [5.41, 5.74) is 0.327. The molecule has 0 heterocycles. The Morgan fingerprint density at radius 1 is 1.25 bits per heavy atom. The molecule has 0 fully saturated rings. The van der Waals surface area contributed by atoms with Crippen molar-refractivity contribution < 1.29 is 9.84 Å². The van der Waals surface area contributed by atoms with Gasteiger partial charge < -0.3 is 9.84 Å². The van der Waals surface area contributed by atoms with E-state index in [-0.39, 0.29) is 6.10 Å². The van der Waals surface area contributed by atoms with Crippen molar-refractivity contribution in [3.05, 3.63) is 0 Å². The highest BCUT2D eigenvalue weighted by atomic mass is 16.5. The van der Waals surface area contributed by atoms with Gasteiger partial charge in [-0.05, 0) is 24.7 Å². The zero-order valence-corrected chi connectivity index (χ0v) is 8.76. The summed E-state index contributed by atoms with van der Waals surface area (Å²) in [6.45, 7) is 7.23. The Hall–Kier alpha value is -0.0800. The molecule has 0 spiro atoms. The minimum absolute atomic E-state index is 0.191. The maximum atomic E-state index is 9.46. The molecule has 74 valence electrons. The van der Waals surface area contributed by atoms with Crippen LogP contribution in [0.5, 0.6) is 0 Å². The van der Waals surface area contributed by atoms with Crippen molar-refractivity contribution in [1.29, 1.82) is 0 Å². The minimum atomic E-state index is -0.191. The summed E-state index contributed by atoms with van der Waals surface area (Å²) in [7, 11) is 1.66. The van der Waals surface area contributed by atoms with Crippen LogP contribution in [0.15, 0.2) is 0 Å². The molecule has 0 radical (unpaired) electrons. The number of methoxy groups -OCH3 is 1. The van der Waals surface area contributed by atoms with Crippen LogP contribution in [0.1, 0.15) is 40.0 Å². The molecular formula is C10H22O2. The summed E-state index contributed by atoms with van der Waals surface area (Å²) >= 11 is 0. The largest absolute Gasteiger partial charge is 0.393 e. The van der Waals surface area contributed by atoms with Crippen LogP contribution in [-0.2, 0) is 4.74 Å². The van der Waals surface area contributed by atoms with E-state index in [0.717, 1.165) is 19.3 Å². The maximum absolute atomic E-state index is 9.46. The van der Waals surface area contributed by atoms with Crippen LogP contribution in [0.3, 0.4) is 0 Å². The summed E-state index contributed by atoms with van der Waals surface area (Å²) < 4.78 is 4.88. The Balaban J connectivity index is 3.37. The van der Waals surface area contributed by atoms with Gasteiger partial charge in [-0.1, -0.05) is 20.8 Å². The van der Waals surface area contributed by atoms with Crippen molar-refractivity contribution in [3.63, 3.8) is 0 Å². The van der Waals surface area contributed by atoms with Gasteiger partial charge in [0.2, 0.25) is 0 Å². The van der Waals surface area contributed by atoms with Gasteiger partial charge in [-0.15, -0.1) is 0 Å². The summed E-state index contributed by atoms with van der Waals surface area (Å²) in [5.74, 6) is 0. The van der Waals surface area contributed by atoms with Gasteiger partial charge in [0.25, 0.3) is 0 Å². The Morgan fingerprint density at radius 3 is 2.25 bits per heavy atom. The molecule has 0 rings (SSSR count). The molecule has 0 aromatic heterocycles. The topological polar surface area (TPSA) is 29.5 Å². The molecular weight excluding hydrogens is 152 g/mol. The second kappa shape index (κ2) is 5.55.